The molecule has 6 heteroatoms. The molecule has 2 rings (SSSR count). The SMILES string of the molecule is Cc1cc(N=Nc2ccc(Br)cn2)c(N)cc1N. The van der Waals surface area contributed by atoms with Crippen LogP contribution in [0.15, 0.2) is 45.2 Å². The Morgan fingerprint density at radius 2 is 1.89 bits per heavy atom. The average Bonchev–Trinajstić information content (AvgIpc) is 2.34. The molecule has 0 bridgehead atoms. The van der Waals surface area contributed by atoms with Crippen LogP contribution in [0.2, 0.25) is 0 Å². The number of benzene rings is 1. The van der Waals surface area contributed by atoms with Crippen LogP contribution in [-0.2, 0) is 0 Å². The number of aromatic nitrogens is 1. The van der Waals surface area contributed by atoms with E-state index in [0.29, 0.717) is 22.9 Å². The predicted molar refractivity (Wildman–Crippen MR) is 76.1 cm³/mol. The van der Waals surface area contributed by atoms with E-state index in [1.54, 1.807) is 24.4 Å². The fourth-order valence-corrected chi connectivity index (χ4v) is 1.58. The highest BCUT2D eigenvalue weighted by atomic mass is 79.9. The summed E-state index contributed by atoms with van der Waals surface area (Å²) in [4.78, 5) is 4.09. The largest absolute Gasteiger partial charge is 0.398 e. The minimum absolute atomic E-state index is 0.499. The lowest BCUT2D eigenvalue weighted by Crippen LogP contribution is -1.93. The number of aryl methyl sites for hydroxylation is 1. The first kappa shape index (κ1) is 12.5. The van der Waals surface area contributed by atoms with E-state index in [0.717, 1.165) is 10.0 Å². The molecule has 2 aromatic rings. The zero-order chi connectivity index (χ0) is 13.1. The van der Waals surface area contributed by atoms with Crippen LogP contribution in [0.25, 0.3) is 0 Å². The predicted octanol–water partition coefficient (Wildman–Crippen LogP) is 3.73. The van der Waals surface area contributed by atoms with Crippen molar-refractivity contribution in [3.63, 3.8) is 0 Å². The molecule has 0 atom stereocenters. The van der Waals surface area contributed by atoms with Gasteiger partial charge in [0.2, 0.25) is 0 Å². The quantitative estimate of drug-likeness (QED) is 0.654. The highest BCUT2D eigenvalue weighted by Gasteiger charge is 2.02. The van der Waals surface area contributed by atoms with Gasteiger partial charge in [-0.1, -0.05) is 0 Å². The van der Waals surface area contributed by atoms with Crippen molar-refractivity contribution >= 4 is 38.8 Å². The Kier molecular flexibility index (Phi) is 3.57. The molecular formula is C12H12BrN5. The monoisotopic (exact) mass is 305 g/mol. The minimum atomic E-state index is 0.499. The van der Waals surface area contributed by atoms with Crippen LogP contribution in [0.4, 0.5) is 22.9 Å². The number of anilines is 2. The molecule has 1 aromatic heterocycles. The van der Waals surface area contributed by atoms with Crippen LogP contribution in [0.3, 0.4) is 0 Å². The maximum absolute atomic E-state index is 5.82. The van der Waals surface area contributed by atoms with Gasteiger partial charge in [0, 0.05) is 16.4 Å². The molecular weight excluding hydrogens is 294 g/mol. The summed E-state index contributed by atoms with van der Waals surface area (Å²) in [5.41, 5.74) is 14.2. The molecule has 92 valence electrons. The van der Waals surface area contributed by atoms with Gasteiger partial charge in [0.1, 0.15) is 5.69 Å². The van der Waals surface area contributed by atoms with Crippen LogP contribution < -0.4 is 11.5 Å². The van der Waals surface area contributed by atoms with Crippen LogP contribution in [0.5, 0.6) is 0 Å². The highest BCUT2D eigenvalue weighted by molar-refractivity contribution is 9.10. The molecule has 0 saturated carbocycles. The fourth-order valence-electron chi connectivity index (χ4n) is 1.35. The van der Waals surface area contributed by atoms with Gasteiger partial charge in [-0.2, -0.15) is 0 Å². The first-order valence-corrected chi connectivity index (χ1v) is 6.04. The summed E-state index contributed by atoms with van der Waals surface area (Å²) < 4.78 is 0.893. The van der Waals surface area contributed by atoms with Gasteiger partial charge in [-0.25, -0.2) is 4.98 Å². The Hall–Kier alpha value is -1.95. The number of nitrogens with zero attached hydrogens (tertiary/aromatic N) is 3. The zero-order valence-electron chi connectivity index (χ0n) is 9.76. The van der Waals surface area contributed by atoms with Crippen molar-refractivity contribution in [2.24, 2.45) is 10.2 Å². The molecule has 0 aliphatic rings. The third-order valence-corrected chi connectivity index (χ3v) is 2.86. The van der Waals surface area contributed by atoms with Gasteiger partial charge in [0.25, 0.3) is 0 Å². The molecule has 0 amide bonds. The molecule has 0 radical (unpaired) electrons. The Morgan fingerprint density at radius 3 is 2.56 bits per heavy atom. The fraction of sp³-hybridized carbons (Fsp3) is 0.0833. The van der Waals surface area contributed by atoms with Crippen molar-refractivity contribution < 1.29 is 0 Å². The Labute approximate surface area is 113 Å². The van der Waals surface area contributed by atoms with Crippen molar-refractivity contribution in [1.29, 1.82) is 0 Å². The molecule has 4 N–H and O–H groups in total. The van der Waals surface area contributed by atoms with Gasteiger partial charge in [-0.15, -0.1) is 10.2 Å². The van der Waals surface area contributed by atoms with E-state index in [1.807, 2.05) is 13.0 Å². The van der Waals surface area contributed by atoms with E-state index in [-0.39, 0.29) is 0 Å². The molecule has 0 unspecified atom stereocenters. The molecule has 0 saturated heterocycles. The maximum atomic E-state index is 5.82. The summed E-state index contributed by atoms with van der Waals surface area (Å²) in [6.45, 7) is 1.89. The molecule has 1 heterocycles. The van der Waals surface area contributed by atoms with Crippen LogP contribution in [0.1, 0.15) is 5.56 Å². The standard InChI is InChI=1S/C12H12BrN5/c1-7-4-11(10(15)5-9(7)14)17-18-12-3-2-8(13)6-16-12/h2-6H,14-15H2,1H3. The first-order chi connectivity index (χ1) is 8.56. The number of nitrogens with two attached hydrogens (primary N) is 2. The van der Waals surface area contributed by atoms with E-state index in [9.17, 15) is 0 Å². The lowest BCUT2D eigenvalue weighted by atomic mass is 10.1. The summed E-state index contributed by atoms with van der Waals surface area (Å²) in [5.74, 6) is 0.520. The minimum Gasteiger partial charge on any atom is -0.398 e. The summed E-state index contributed by atoms with van der Waals surface area (Å²) >= 11 is 3.30. The van der Waals surface area contributed by atoms with E-state index in [2.05, 4.69) is 31.1 Å². The van der Waals surface area contributed by atoms with Gasteiger partial charge in [-0.05, 0) is 52.7 Å². The molecule has 5 nitrogen and oxygen atoms in total. The number of hydrogen-bond donors (Lipinski definition) is 2. The van der Waals surface area contributed by atoms with E-state index < -0.39 is 0 Å². The average molecular weight is 306 g/mol. The third-order valence-electron chi connectivity index (χ3n) is 2.39. The number of halogens is 1. The van der Waals surface area contributed by atoms with Crippen molar-refractivity contribution in [3.05, 3.63) is 40.5 Å². The maximum Gasteiger partial charge on any atom is 0.174 e. The van der Waals surface area contributed by atoms with E-state index >= 15 is 0 Å². The second kappa shape index (κ2) is 5.14. The normalized spacial score (nSPS) is 11.0. The van der Waals surface area contributed by atoms with E-state index in [1.165, 1.54) is 0 Å². The van der Waals surface area contributed by atoms with Crippen molar-refractivity contribution in [1.82, 2.24) is 4.98 Å². The second-order valence-electron chi connectivity index (χ2n) is 3.80. The Morgan fingerprint density at radius 1 is 1.11 bits per heavy atom. The molecule has 18 heavy (non-hydrogen) atoms. The number of nitrogen functional groups attached to an aromatic ring is 2. The van der Waals surface area contributed by atoms with Crippen LogP contribution in [-0.4, -0.2) is 4.98 Å². The van der Waals surface area contributed by atoms with Gasteiger partial charge >= 0.3 is 0 Å². The zero-order valence-corrected chi connectivity index (χ0v) is 11.3. The van der Waals surface area contributed by atoms with Gasteiger partial charge < -0.3 is 11.5 Å². The Bertz CT molecular complexity index is 592. The second-order valence-corrected chi connectivity index (χ2v) is 4.72. The number of rotatable bonds is 2. The van der Waals surface area contributed by atoms with Crippen molar-refractivity contribution in [2.75, 3.05) is 11.5 Å². The van der Waals surface area contributed by atoms with Gasteiger partial charge in [0.05, 0.1) is 5.69 Å². The first-order valence-electron chi connectivity index (χ1n) is 5.25. The topological polar surface area (TPSA) is 89.6 Å². The third kappa shape index (κ3) is 2.84. The number of azo groups is 1. The van der Waals surface area contributed by atoms with E-state index in [4.69, 9.17) is 11.5 Å². The lowest BCUT2D eigenvalue weighted by Gasteiger charge is -2.04. The van der Waals surface area contributed by atoms with Gasteiger partial charge in [-0.3, -0.25) is 0 Å². The van der Waals surface area contributed by atoms with Gasteiger partial charge in [0.15, 0.2) is 5.82 Å². The van der Waals surface area contributed by atoms with Crippen molar-refractivity contribution in [3.8, 4) is 0 Å². The highest BCUT2D eigenvalue weighted by Crippen LogP contribution is 2.28. The summed E-state index contributed by atoms with van der Waals surface area (Å²) in [7, 11) is 0. The van der Waals surface area contributed by atoms with Crippen LogP contribution >= 0.6 is 15.9 Å². The smallest absolute Gasteiger partial charge is 0.174 e. The summed E-state index contributed by atoms with van der Waals surface area (Å²) in [6, 6.07) is 7.08. The molecule has 0 aliphatic carbocycles. The molecule has 0 aliphatic heterocycles. The molecule has 0 fully saturated rings. The van der Waals surface area contributed by atoms with Crippen LogP contribution in [0, 0.1) is 6.92 Å². The van der Waals surface area contributed by atoms with Crippen molar-refractivity contribution in [2.45, 2.75) is 6.92 Å². The molecule has 1 aromatic carbocycles. The number of pyridine rings is 1. The Balaban J connectivity index is 2.28. The number of hydrogen-bond acceptors (Lipinski definition) is 5. The summed E-state index contributed by atoms with van der Waals surface area (Å²) in [6.07, 6.45) is 1.66. The summed E-state index contributed by atoms with van der Waals surface area (Å²) in [5, 5.41) is 8.10. The molecule has 0 spiro atoms. The lowest BCUT2D eigenvalue weighted by molar-refractivity contribution is 1.15.